The summed E-state index contributed by atoms with van der Waals surface area (Å²) < 4.78 is 0. The molecule has 1 saturated carbocycles. The first-order valence-corrected chi connectivity index (χ1v) is 5.76. The van der Waals surface area contributed by atoms with Crippen LogP contribution in [0.15, 0.2) is 12.1 Å². The molecule has 1 fully saturated rings. The summed E-state index contributed by atoms with van der Waals surface area (Å²) in [7, 11) is 0. The highest BCUT2D eigenvalue weighted by Crippen LogP contribution is 2.51. The van der Waals surface area contributed by atoms with Crippen LogP contribution >= 0.6 is 0 Å². The van der Waals surface area contributed by atoms with Gasteiger partial charge in [-0.05, 0) is 44.2 Å². The van der Waals surface area contributed by atoms with E-state index in [0.29, 0.717) is 5.92 Å². The van der Waals surface area contributed by atoms with Crippen LogP contribution in [0, 0.1) is 0 Å². The van der Waals surface area contributed by atoms with Gasteiger partial charge in [0, 0.05) is 11.3 Å². The van der Waals surface area contributed by atoms with Gasteiger partial charge < -0.3 is 11.1 Å². The number of hydrogen-bond acceptors (Lipinski definition) is 2. The zero-order chi connectivity index (χ0) is 11.5. The molecule has 1 aromatic carbocycles. The van der Waals surface area contributed by atoms with Crippen molar-refractivity contribution in [3.05, 3.63) is 23.3 Å². The number of carbonyl (C=O) groups excluding carboxylic acids is 1. The largest absolute Gasteiger partial charge is 0.398 e. The second kappa shape index (κ2) is 2.78. The van der Waals surface area contributed by atoms with Gasteiger partial charge in [0.15, 0.2) is 0 Å². The molecule has 1 aromatic rings. The molecule has 0 spiro atoms. The van der Waals surface area contributed by atoms with Gasteiger partial charge in [-0.2, -0.15) is 0 Å². The summed E-state index contributed by atoms with van der Waals surface area (Å²) in [5.41, 5.74) is 9.65. The lowest BCUT2D eigenvalue weighted by atomic mass is 9.84. The number of nitrogen functional groups attached to an aromatic ring is 1. The monoisotopic (exact) mass is 216 g/mol. The topological polar surface area (TPSA) is 55.1 Å². The van der Waals surface area contributed by atoms with Gasteiger partial charge >= 0.3 is 0 Å². The van der Waals surface area contributed by atoms with Crippen molar-refractivity contribution in [1.82, 2.24) is 0 Å². The molecule has 1 heterocycles. The molecule has 16 heavy (non-hydrogen) atoms. The third kappa shape index (κ3) is 1.11. The Morgan fingerprint density at radius 1 is 1.38 bits per heavy atom. The van der Waals surface area contributed by atoms with Crippen molar-refractivity contribution in [2.75, 3.05) is 11.1 Å². The summed E-state index contributed by atoms with van der Waals surface area (Å²) in [6.07, 6.45) is 2.38. The maximum absolute atomic E-state index is 11.9. The highest BCUT2D eigenvalue weighted by molar-refractivity contribution is 6.07. The normalized spacial score (nSPS) is 21.8. The Morgan fingerprint density at radius 3 is 2.69 bits per heavy atom. The first-order chi connectivity index (χ1) is 7.51. The fraction of sp³-hybridized carbons (Fsp3) is 0.462. The average molecular weight is 216 g/mol. The number of rotatable bonds is 1. The van der Waals surface area contributed by atoms with Crippen molar-refractivity contribution in [3.63, 3.8) is 0 Å². The van der Waals surface area contributed by atoms with E-state index in [1.807, 2.05) is 26.0 Å². The second-order valence-electron chi connectivity index (χ2n) is 5.34. The molecule has 2 aliphatic rings. The summed E-state index contributed by atoms with van der Waals surface area (Å²) in [5, 5.41) is 3.00. The Hall–Kier alpha value is -1.51. The number of benzene rings is 1. The summed E-state index contributed by atoms with van der Waals surface area (Å²) in [4.78, 5) is 11.9. The quantitative estimate of drug-likeness (QED) is 0.708. The molecule has 1 aliphatic carbocycles. The van der Waals surface area contributed by atoms with Gasteiger partial charge in [0.05, 0.1) is 11.1 Å². The van der Waals surface area contributed by atoms with Crippen LogP contribution in [-0.2, 0) is 10.2 Å². The van der Waals surface area contributed by atoms with E-state index in [4.69, 9.17) is 5.73 Å². The van der Waals surface area contributed by atoms with Gasteiger partial charge in [-0.1, -0.05) is 6.07 Å². The van der Waals surface area contributed by atoms with Crippen molar-refractivity contribution < 1.29 is 4.79 Å². The smallest absolute Gasteiger partial charge is 0.234 e. The van der Waals surface area contributed by atoms with Gasteiger partial charge in [0.2, 0.25) is 5.91 Å². The first kappa shape index (κ1) is 9.70. The third-order valence-corrected chi connectivity index (χ3v) is 3.74. The molecule has 3 nitrogen and oxygen atoms in total. The maximum Gasteiger partial charge on any atom is 0.234 e. The van der Waals surface area contributed by atoms with E-state index in [1.165, 1.54) is 12.8 Å². The molecule has 3 heteroatoms. The Kier molecular flexibility index (Phi) is 1.69. The van der Waals surface area contributed by atoms with Crippen LogP contribution in [0.2, 0.25) is 0 Å². The summed E-state index contributed by atoms with van der Waals surface area (Å²) in [6, 6.07) is 3.92. The van der Waals surface area contributed by atoms with E-state index in [0.717, 1.165) is 22.5 Å². The van der Waals surface area contributed by atoms with E-state index in [-0.39, 0.29) is 5.91 Å². The number of amides is 1. The molecule has 0 radical (unpaired) electrons. The van der Waals surface area contributed by atoms with Crippen molar-refractivity contribution in [2.45, 2.75) is 38.0 Å². The van der Waals surface area contributed by atoms with Crippen LogP contribution in [-0.4, -0.2) is 5.91 Å². The average Bonchev–Trinajstić information content (AvgIpc) is 2.97. The lowest BCUT2D eigenvalue weighted by Crippen LogP contribution is -2.26. The van der Waals surface area contributed by atoms with E-state index < -0.39 is 5.41 Å². The summed E-state index contributed by atoms with van der Waals surface area (Å²) >= 11 is 0. The Bertz CT molecular complexity index is 487. The highest BCUT2D eigenvalue weighted by Gasteiger charge is 2.42. The Morgan fingerprint density at radius 2 is 2.06 bits per heavy atom. The molecule has 0 bridgehead atoms. The minimum atomic E-state index is -0.424. The van der Waals surface area contributed by atoms with E-state index in [9.17, 15) is 4.79 Å². The highest BCUT2D eigenvalue weighted by atomic mass is 16.2. The summed E-state index contributed by atoms with van der Waals surface area (Å²) in [5.74, 6) is 0.638. The molecule has 1 aliphatic heterocycles. The molecule has 0 unspecified atom stereocenters. The zero-order valence-corrected chi connectivity index (χ0v) is 9.63. The van der Waals surface area contributed by atoms with Crippen molar-refractivity contribution in [1.29, 1.82) is 0 Å². The molecule has 3 rings (SSSR count). The molecule has 84 valence electrons. The second-order valence-corrected chi connectivity index (χ2v) is 5.34. The minimum Gasteiger partial charge on any atom is -0.398 e. The van der Waals surface area contributed by atoms with Gasteiger partial charge in [-0.15, -0.1) is 0 Å². The fourth-order valence-corrected chi connectivity index (χ4v) is 2.50. The molecular formula is C13H16N2O. The minimum absolute atomic E-state index is 0.0787. The van der Waals surface area contributed by atoms with E-state index >= 15 is 0 Å². The number of anilines is 2. The van der Waals surface area contributed by atoms with Crippen LogP contribution in [0.4, 0.5) is 11.4 Å². The number of carbonyl (C=O) groups is 1. The lowest BCUT2D eigenvalue weighted by molar-refractivity contribution is -0.119. The van der Waals surface area contributed by atoms with Crippen molar-refractivity contribution >= 4 is 17.3 Å². The molecule has 0 aromatic heterocycles. The number of hydrogen-bond donors (Lipinski definition) is 2. The fourth-order valence-electron chi connectivity index (χ4n) is 2.50. The standard InChI is InChI=1S/C13H16N2O/c1-13(2)8-5-6-9(14)10(7-3-4-7)11(8)15-12(13)16/h5-7H,3-4,14H2,1-2H3,(H,15,16). The molecule has 0 saturated heterocycles. The number of nitrogens with one attached hydrogen (secondary N) is 1. The molecule has 1 amide bonds. The molecular weight excluding hydrogens is 200 g/mol. The van der Waals surface area contributed by atoms with Crippen LogP contribution < -0.4 is 11.1 Å². The van der Waals surface area contributed by atoms with Crippen LogP contribution in [0.1, 0.15) is 43.7 Å². The van der Waals surface area contributed by atoms with Crippen LogP contribution in [0.5, 0.6) is 0 Å². The SMILES string of the molecule is CC1(C)C(=O)Nc2c1ccc(N)c2C1CC1. The number of nitrogens with two attached hydrogens (primary N) is 1. The zero-order valence-electron chi connectivity index (χ0n) is 9.63. The number of fused-ring (bicyclic) bond motifs is 1. The third-order valence-electron chi connectivity index (χ3n) is 3.74. The first-order valence-electron chi connectivity index (χ1n) is 5.76. The molecule has 3 N–H and O–H groups in total. The predicted molar refractivity (Wildman–Crippen MR) is 64.5 cm³/mol. The van der Waals surface area contributed by atoms with Crippen molar-refractivity contribution in [3.8, 4) is 0 Å². The van der Waals surface area contributed by atoms with Gasteiger partial charge in [-0.3, -0.25) is 4.79 Å². The predicted octanol–water partition coefficient (Wildman–Crippen LogP) is 2.38. The maximum atomic E-state index is 11.9. The Balaban J connectivity index is 2.23. The van der Waals surface area contributed by atoms with Gasteiger partial charge in [0.1, 0.15) is 0 Å². The van der Waals surface area contributed by atoms with Crippen LogP contribution in [0.3, 0.4) is 0 Å². The van der Waals surface area contributed by atoms with E-state index in [2.05, 4.69) is 5.32 Å². The van der Waals surface area contributed by atoms with E-state index in [1.54, 1.807) is 0 Å². The van der Waals surface area contributed by atoms with Crippen molar-refractivity contribution in [2.24, 2.45) is 0 Å². The van der Waals surface area contributed by atoms with Crippen LogP contribution in [0.25, 0.3) is 0 Å². The summed E-state index contributed by atoms with van der Waals surface area (Å²) in [6.45, 7) is 3.92. The van der Waals surface area contributed by atoms with Gasteiger partial charge in [-0.25, -0.2) is 0 Å². The molecule has 0 atom stereocenters. The van der Waals surface area contributed by atoms with Gasteiger partial charge in [0.25, 0.3) is 0 Å². The Labute approximate surface area is 95.0 Å². The lowest BCUT2D eigenvalue weighted by Gasteiger charge is -2.16.